The number of esters is 1. The Balaban J connectivity index is 1.40. The van der Waals surface area contributed by atoms with Gasteiger partial charge >= 0.3 is 5.97 Å². The first-order valence-corrected chi connectivity index (χ1v) is 12.4. The molecule has 0 bridgehead atoms. The molecule has 0 amide bonds. The van der Waals surface area contributed by atoms with Crippen molar-refractivity contribution < 1.29 is 18.7 Å². The minimum absolute atomic E-state index is 0.00655. The molecule has 1 aliphatic rings. The summed E-state index contributed by atoms with van der Waals surface area (Å²) in [7, 11) is 0. The number of halogens is 2. The van der Waals surface area contributed by atoms with Crippen LogP contribution >= 0.6 is 11.6 Å². The van der Waals surface area contributed by atoms with Gasteiger partial charge < -0.3 is 9.64 Å². The van der Waals surface area contributed by atoms with Gasteiger partial charge in [0, 0.05) is 53.5 Å². The van der Waals surface area contributed by atoms with Crippen molar-refractivity contribution in [1.82, 2.24) is 4.90 Å². The lowest BCUT2D eigenvalue weighted by Crippen LogP contribution is -2.45. The van der Waals surface area contributed by atoms with Crippen LogP contribution in [0.4, 0.5) is 10.1 Å². The van der Waals surface area contributed by atoms with Crippen LogP contribution in [0.15, 0.2) is 77.9 Å². The standard InChI is InChI=1S/C28H26ClFN4O3/c29-23-9-7-22(8-10-23)28(37-27(36)21-5-13-25(14-6-21)32-33-31)15-18-34(19-16-28)17-1-2-26(35)20-3-11-24(30)12-4-20/h3-14H,1-2,15-19H2. The molecule has 0 aromatic heterocycles. The largest absolute Gasteiger partial charge is 0.450 e. The lowest BCUT2D eigenvalue weighted by Gasteiger charge is -2.41. The number of azide groups is 1. The lowest BCUT2D eigenvalue weighted by molar-refractivity contribution is -0.0555. The number of likely N-dealkylation sites (tertiary alicyclic amines) is 1. The Morgan fingerprint density at radius 2 is 1.59 bits per heavy atom. The van der Waals surface area contributed by atoms with E-state index in [1.165, 1.54) is 24.3 Å². The molecule has 3 aromatic rings. The zero-order chi connectivity index (χ0) is 26.3. The topological polar surface area (TPSA) is 95.4 Å². The Labute approximate surface area is 219 Å². The summed E-state index contributed by atoms with van der Waals surface area (Å²) in [5, 5.41) is 4.13. The van der Waals surface area contributed by atoms with Gasteiger partial charge in [0.2, 0.25) is 0 Å². The van der Waals surface area contributed by atoms with Crippen LogP contribution in [-0.2, 0) is 10.3 Å². The molecule has 3 aromatic carbocycles. The predicted octanol–water partition coefficient (Wildman–Crippen LogP) is 7.23. The van der Waals surface area contributed by atoms with Crippen LogP contribution in [0, 0.1) is 5.82 Å². The number of rotatable bonds is 9. The summed E-state index contributed by atoms with van der Waals surface area (Å²) in [5.74, 6) is -0.825. The fourth-order valence-corrected chi connectivity index (χ4v) is 4.66. The first kappa shape index (κ1) is 26.4. The van der Waals surface area contributed by atoms with Crippen molar-refractivity contribution in [2.75, 3.05) is 19.6 Å². The Bertz CT molecular complexity index is 1280. The molecule has 37 heavy (non-hydrogen) atoms. The highest BCUT2D eigenvalue weighted by Crippen LogP contribution is 2.38. The number of Topliss-reactive ketones (excluding diaryl/α,β-unsaturated/α-hetero) is 1. The van der Waals surface area contributed by atoms with Gasteiger partial charge in [0.05, 0.1) is 5.56 Å². The number of carbonyl (C=O) groups excluding carboxylic acids is 2. The summed E-state index contributed by atoms with van der Waals surface area (Å²) in [6, 6.07) is 19.3. The Morgan fingerprint density at radius 3 is 2.22 bits per heavy atom. The summed E-state index contributed by atoms with van der Waals surface area (Å²) in [4.78, 5) is 30.5. The van der Waals surface area contributed by atoms with Crippen molar-refractivity contribution in [2.24, 2.45) is 5.11 Å². The highest BCUT2D eigenvalue weighted by Gasteiger charge is 2.40. The van der Waals surface area contributed by atoms with Crippen LogP contribution in [0.1, 0.15) is 52.0 Å². The molecule has 9 heteroatoms. The summed E-state index contributed by atoms with van der Waals surface area (Å²) in [6.07, 6.45) is 2.24. The van der Waals surface area contributed by atoms with Gasteiger partial charge in [-0.15, -0.1) is 0 Å². The van der Waals surface area contributed by atoms with Gasteiger partial charge in [-0.1, -0.05) is 41.0 Å². The molecule has 1 fully saturated rings. The number of benzene rings is 3. The van der Waals surface area contributed by atoms with Gasteiger partial charge in [-0.25, -0.2) is 9.18 Å². The molecule has 0 unspecified atom stereocenters. The molecule has 0 atom stereocenters. The quantitative estimate of drug-likeness (QED) is 0.0976. The molecule has 0 spiro atoms. The SMILES string of the molecule is [N-]=[N+]=Nc1ccc(C(=O)OC2(c3ccc(Cl)cc3)CCN(CCCC(=O)c3ccc(F)cc3)CC2)cc1. The average Bonchev–Trinajstić information content (AvgIpc) is 2.91. The minimum Gasteiger partial charge on any atom is -0.450 e. The average molecular weight is 521 g/mol. The summed E-state index contributed by atoms with van der Waals surface area (Å²) in [5.41, 5.74) is 9.94. The molecule has 1 aliphatic heterocycles. The van der Waals surface area contributed by atoms with Crippen LogP contribution in [0.3, 0.4) is 0 Å². The zero-order valence-corrected chi connectivity index (χ0v) is 20.9. The van der Waals surface area contributed by atoms with E-state index in [1.807, 2.05) is 12.1 Å². The van der Waals surface area contributed by atoms with Crippen molar-refractivity contribution in [1.29, 1.82) is 0 Å². The number of nitrogens with zero attached hydrogens (tertiary/aromatic N) is 4. The molecule has 0 saturated carbocycles. The first-order chi connectivity index (χ1) is 17.9. The number of ketones is 1. The number of hydrogen-bond acceptors (Lipinski definition) is 5. The van der Waals surface area contributed by atoms with Crippen LogP contribution in [0.25, 0.3) is 10.4 Å². The number of ether oxygens (including phenoxy) is 1. The van der Waals surface area contributed by atoms with Crippen LogP contribution in [-0.4, -0.2) is 36.3 Å². The van der Waals surface area contributed by atoms with Gasteiger partial charge in [-0.2, -0.15) is 0 Å². The van der Waals surface area contributed by atoms with Gasteiger partial charge in [0.15, 0.2) is 5.78 Å². The first-order valence-electron chi connectivity index (χ1n) is 12.0. The van der Waals surface area contributed by atoms with Crippen molar-refractivity contribution in [3.05, 3.63) is 111 Å². The van der Waals surface area contributed by atoms with Gasteiger partial charge in [-0.3, -0.25) is 4.79 Å². The smallest absolute Gasteiger partial charge is 0.339 e. The van der Waals surface area contributed by atoms with Gasteiger partial charge in [0.25, 0.3) is 0 Å². The van der Waals surface area contributed by atoms with Crippen LogP contribution < -0.4 is 0 Å². The van der Waals surface area contributed by atoms with Gasteiger partial charge in [0.1, 0.15) is 11.4 Å². The van der Waals surface area contributed by atoms with E-state index in [0.29, 0.717) is 60.6 Å². The van der Waals surface area contributed by atoms with Gasteiger partial charge in [-0.05, 0) is 72.6 Å². The normalized spacial score (nSPS) is 15.0. The van der Waals surface area contributed by atoms with E-state index < -0.39 is 11.6 Å². The predicted molar refractivity (Wildman–Crippen MR) is 139 cm³/mol. The number of carbonyl (C=O) groups is 2. The molecular formula is C28H26ClFN4O3. The van der Waals surface area contributed by atoms with E-state index in [1.54, 1.807) is 36.4 Å². The minimum atomic E-state index is -0.814. The molecule has 0 radical (unpaired) electrons. The fourth-order valence-electron chi connectivity index (χ4n) is 4.54. The molecule has 7 nitrogen and oxygen atoms in total. The van der Waals surface area contributed by atoms with Crippen molar-refractivity contribution >= 4 is 29.0 Å². The summed E-state index contributed by atoms with van der Waals surface area (Å²) in [6.45, 7) is 2.12. The third-order valence-electron chi connectivity index (χ3n) is 6.63. The zero-order valence-electron chi connectivity index (χ0n) is 20.1. The van der Waals surface area contributed by atoms with Crippen LogP contribution in [0.5, 0.6) is 0 Å². The molecule has 1 saturated heterocycles. The third kappa shape index (κ3) is 6.74. The van der Waals surface area contributed by atoms with Crippen molar-refractivity contribution in [3.8, 4) is 0 Å². The molecule has 4 rings (SSSR count). The monoisotopic (exact) mass is 520 g/mol. The maximum absolute atomic E-state index is 13.1. The lowest BCUT2D eigenvalue weighted by atomic mass is 9.84. The number of hydrogen-bond donors (Lipinski definition) is 0. The van der Waals surface area contributed by atoms with Crippen LogP contribution in [0.2, 0.25) is 5.02 Å². The molecule has 1 heterocycles. The highest BCUT2D eigenvalue weighted by atomic mass is 35.5. The number of piperidine rings is 1. The second kappa shape index (κ2) is 12.0. The Hall–Kier alpha value is -3.71. The van der Waals surface area contributed by atoms with E-state index in [-0.39, 0.29) is 11.6 Å². The highest BCUT2D eigenvalue weighted by molar-refractivity contribution is 6.30. The molecule has 0 aliphatic carbocycles. The maximum Gasteiger partial charge on any atom is 0.339 e. The fraction of sp³-hybridized carbons (Fsp3) is 0.286. The Morgan fingerprint density at radius 1 is 0.973 bits per heavy atom. The maximum atomic E-state index is 13.1. The second-order valence-electron chi connectivity index (χ2n) is 9.00. The summed E-state index contributed by atoms with van der Waals surface area (Å²) >= 11 is 6.10. The summed E-state index contributed by atoms with van der Waals surface area (Å²) < 4.78 is 19.3. The van der Waals surface area contributed by atoms with Crippen molar-refractivity contribution in [3.63, 3.8) is 0 Å². The van der Waals surface area contributed by atoms with E-state index in [2.05, 4.69) is 14.9 Å². The second-order valence-corrected chi connectivity index (χ2v) is 9.44. The molecular weight excluding hydrogens is 495 g/mol. The molecule has 0 N–H and O–H groups in total. The van der Waals surface area contributed by atoms with E-state index >= 15 is 0 Å². The third-order valence-corrected chi connectivity index (χ3v) is 6.88. The molecule has 190 valence electrons. The van der Waals surface area contributed by atoms with E-state index in [9.17, 15) is 14.0 Å². The van der Waals surface area contributed by atoms with Crippen molar-refractivity contribution in [2.45, 2.75) is 31.3 Å². The van der Waals surface area contributed by atoms with E-state index in [4.69, 9.17) is 21.9 Å². The Kier molecular flexibility index (Phi) is 8.56. The van der Waals surface area contributed by atoms with E-state index in [0.717, 1.165) is 12.1 Å².